The molecule has 1 aromatic heterocycles. The minimum absolute atomic E-state index is 0.0496. The van der Waals surface area contributed by atoms with E-state index in [0.717, 1.165) is 21.4 Å². The molecule has 4 rings (SSSR count). The van der Waals surface area contributed by atoms with Gasteiger partial charge in [0.1, 0.15) is 23.9 Å². The van der Waals surface area contributed by atoms with Gasteiger partial charge in [0, 0.05) is 25.0 Å². The van der Waals surface area contributed by atoms with Gasteiger partial charge in [-0.3, -0.25) is 9.10 Å². The second-order valence-electron chi connectivity index (χ2n) is 8.11. The Balaban J connectivity index is 1.64. The number of nitrogens with zero attached hydrogens (tertiary/aromatic N) is 3. The van der Waals surface area contributed by atoms with Gasteiger partial charge in [-0.05, 0) is 42.8 Å². The van der Waals surface area contributed by atoms with Gasteiger partial charge in [-0.25, -0.2) is 13.4 Å². The number of benzene rings is 3. The normalized spacial score (nSPS) is 11.1. The third kappa shape index (κ3) is 5.59. The van der Waals surface area contributed by atoms with Crippen LogP contribution < -0.4 is 19.1 Å². The number of aromatic nitrogens is 2. The smallest absolute Gasteiger partial charge is 0.264 e. The summed E-state index contributed by atoms with van der Waals surface area (Å²) in [6, 6.07) is 20.4. The van der Waals surface area contributed by atoms with Crippen LogP contribution >= 0.6 is 0 Å². The number of anilines is 1. The zero-order chi connectivity index (χ0) is 26.4. The summed E-state index contributed by atoms with van der Waals surface area (Å²) in [5.74, 6) is 1.04. The molecule has 0 atom stereocenters. The van der Waals surface area contributed by atoms with E-state index in [0.29, 0.717) is 5.75 Å². The molecule has 9 nitrogen and oxygen atoms in total. The van der Waals surface area contributed by atoms with E-state index in [2.05, 4.69) is 10.3 Å². The van der Waals surface area contributed by atoms with Crippen molar-refractivity contribution in [1.82, 2.24) is 14.9 Å². The predicted molar refractivity (Wildman–Crippen MR) is 141 cm³/mol. The molecule has 0 fully saturated rings. The maximum Gasteiger partial charge on any atom is 0.264 e. The molecule has 37 heavy (non-hydrogen) atoms. The van der Waals surface area contributed by atoms with Crippen molar-refractivity contribution in [3.05, 3.63) is 96.6 Å². The van der Waals surface area contributed by atoms with Gasteiger partial charge < -0.3 is 19.4 Å². The standard InChI is InChI=1S/C27H28N4O5S/c1-20-28-15-16-30(20)24-12-8-7-9-21(24)18-29-27(32)19-31(37(33,34)23-10-5-4-6-11-23)25-17-22(35-2)13-14-26(25)36-3/h4-17H,18-19H2,1-3H3,(H,29,32). The molecule has 1 heterocycles. The molecule has 0 aliphatic rings. The summed E-state index contributed by atoms with van der Waals surface area (Å²) in [5.41, 5.74) is 1.92. The van der Waals surface area contributed by atoms with Crippen LogP contribution in [-0.4, -0.2) is 44.6 Å². The highest BCUT2D eigenvalue weighted by Gasteiger charge is 2.30. The van der Waals surface area contributed by atoms with Crippen molar-refractivity contribution >= 4 is 21.6 Å². The van der Waals surface area contributed by atoms with Crippen molar-refractivity contribution in [2.45, 2.75) is 18.4 Å². The van der Waals surface area contributed by atoms with Crippen LogP contribution in [0.3, 0.4) is 0 Å². The van der Waals surface area contributed by atoms with E-state index in [1.165, 1.54) is 32.4 Å². The van der Waals surface area contributed by atoms with Crippen molar-refractivity contribution in [1.29, 1.82) is 0 Å². The maximum absolute atomic E-state index is 13.7. The molecule has 3 aromatic carbocycles. The Hall–Kier alpha value is -4.31. The first-order valence-corrected chi connectivity index (χ1v) is 12.9. The van der Waals surface area contributed by atoms with E-state index in [1.807, 2.05) is 42.0 Å². The number of carbonyl (C=O) groups excluding carboxylic acids is 1. The molecule has 1 amide bonds. The lowest BCUT2D eigenvalue weighted by atomic mass is 10.1. The summed E-state index contributed by atoms with van der Waals surface area (Å²) in [7, 11) is -1.20. The number of carbonyl (C=O) groups is 1. The Labute approximate surface area is 216 Å². The Morgan fingerprint density at radius 2 is 1.73 bits per heavy atom. The van der Waals surface area contributed by atoms with Crippen LogP contribution in [0.1, 0.15) is 11.4 Å². The van der Waals surface area contributed by atoms with Gasteiger partial charge in [-0.15, -0.1) is 0 Å². The number of aryl methyl sites for hydroxylation is 1. The molecular formula is C27H28N4O5S. The molecular weight excluding hydrogens is 492 g/mol. The average molecular weight is 521 g/mol. The van der Waals surface area contributed by atoms with Gasteiger partial charge in [-0.2, -0.15) is 0 Å². The molecule has 0 saturated carbocycles. The molecule has 0 aliphatic carbocycles. The first kappa shape index (κ1) is 25.8. The number of nitrogens with one attached hydrogen (secondary N) is 1. The first-order valence-electron chi connectivity index (χ1n) is 11.5. The van der Waals surface area contributed by atoms with Crippen LogP contribution in [0.2, 0.25) is 0 Å². The fraction of sp³-hybridized carbons (Fsp3) is 0.185. The zero-order valence-electron chi connectivity index (χ0n) is 20.8. The highest BCUT2D eigenvalue weighted by molar-refractivity contribution is 7.92. The Morgan fingerprint density at radius 3 is 2.41 bits per heavy atom. The van der Waals surface area contributed by atoms with E-state index in [9.17, 15) is 13.2 Å². The highest BCUT2D eigenvalue weighted by atomic mass is 32.2. The number of rotatable bonds is 10. The van der Waals surface area contributed by atoms with Crippen LogP contribution in [0.5, 0.6) is 11.5 Å². The lowest BCUT2D eigenvalue weighted by Crippen LogP contribution is -2.41. The number of ether oxygens (including phenoxy) is 2. The van der Waals surface area contributed by atoms with Gasteiger partial charge in [0.05, 0.1) is 30.5 Å². The summed E-state index contributed by atoms with van der Waals surface area (Å²) in [5, 5.41) is 2.86. The quantitative estimate of drug-likeness (QED) is 0.342. The number of sulfonamides is 1. The SMILES string of the molecule is COc1ccc(OC)c(N(CC(=O)NCc2ccccc2-n2ccnc2C)S(=O)(=O)c2ccccc2)c1. The van der Waals surface area contributed by atoms with Gasteiger partial charge in [0.15, 0.2) is 0 Å². The fourth-order valence-electron chi connectivity index (χ4n) is 3.92. The molecule has 0 spiro atoms. The first-order chi connectivity index (χ1) is 17.8. The molecule has 192 valence electrons. The minimum atomic E-state index is -4.11. The zero-order valence-corrected chi connectivity index (χ0v) is 21.6. The average Bonchev–Trinajstić information content (AvgIpc) is 3.36. The van der Waals surface area contributed by atoms with Crippen molar-refractivity contribution in [3.8, 4) is 17.2 Å². The van der Waals surface area contributed by atoms with E-state index >= 15 is 0 Å². The lowest BCUT2D eigenvalue weighted by molar-refractivity contribution is -0.119. The maximum atomic E-state index is 13.7. The molecule has 1 N–H and O–H groups in total. The number of methoxy groups -OCH3 is 2. The number of para-hydroxylation sites is 1. The van der Waals surface area contributed by atoms with E-state index in [1.54, 1.807) is 36.5 Å². The second kappa shape index (κ2) is 11.2. The predicted octanol–water partition coefficient (Wildman–Crippen LogP) is 3.71. The van der Waals surface area contributed by atoms with Gasteiger partial charge in [-0.1, -0.05) is 36.4 Å². The molecule has 4 aromatic rings. The largest absolute Gasteiger partial charge is 0.497 e. The van der Waals surface area contributed by atoms with Crippen LogP contribution in [0.25, 0.3) is 5.69 Å². The molecule has 0 saturated heterocycles. The fourth-order valence-corrected chi connectivity index (χ4v) is 5.36. The number of hydrogen-bond donors (Lipinski definition) is 1. The summed E-state index contributed by atoms with van der Waals surface area (Å²) >= 11 is 0. The number of imidazole rings is 1. The van der Waals surface area contributed by atoms with Crippen molar-refractivity contribution in [3.63, 3.8) is 0 Å². The second-order valence-corrected chi connectivity index (χ2v) is 9.97. The molecule has 0 unspecified atom stereocenters. The van der Waals surface area contributed by atoms with Crippen LogP contribution in [0.4, 0.5) is 5.69 Å². The summed E-state index contributed by atoms with van der Waals surface area (Å²) in [6.07, 6.45) is 3.55. The highest BCUT2D eigenvalue weighted by Crippen LogP contribution is 2.35. The van der Waals surface area contributed by atoms with Crippen molar-refractivity contribution in [2.24, 2.45) is 0 Å². The summed E-state index contributed by atoms with van der Waals surface area (Å²) < 4.78 is 41.1. The topological polar surface area (TPSA) is 103 Å². The van der Waals surface area contributed by atoms with Gasteiger partial charge in [0.2, 0.25) is 5.91 Å². The Bertz CT molecular complexity index is 1490. The lowest BCUT2D eigenvalue weighted by Gasteiger charge is -2.26. The summed E-state index contributed by atoms with van der Waals surface area (Å²) in [6.45, 7) is 1.62. The van der Waals surface area contributed by atoms with Crippen molar-refractivity contribution in [2.75, 3.05) is 25.1 Å². The third-order valence-corrected chi connectivity index (χ3v) is 7.60. The molecule has 0 bridgehead atoms. The monoisotopic (exact) mass is 520 g/mol. The molecule has 10 heteroatoms. The Morgan fingerprint density at radius 1 is 1.00 bits per heavy atom. The van der Waals surface area contributed by atoms with Crippen molar-refractivity contribution < 1.29 is 22.7 Å². The van der Waals surface area contributed by atoms with E-state index in [4.69, 9.17) is 9.47 Å². The van der Waals surface area contributed by atoms with Crippen LogP contribution in [0.15, 0.2) is 90.1 Å². The summed E-state index contributed by atoms with van der Waals surface area (Å²) in [4.78, 5) is 17.5. The number of amides is 1. The van der Waals surface area contributed by atoms with E-state index < -0.39 is 22.5 Å². The number of hydrogen-bond acceptors (Lipinski definition) is 6. The third-order valence-electron chi connectivity index (χ3n) is 5.83. The van der Waals surface area contributed by atoms with Gasteiger partial charge >= 0.3 is 0 Å². The molecule has 0 aliphatic heterocycles. The van der Waals surface area contributed by atoms with E-state index in [-0.39, 0.29) is 22.9 Å². The van der Waals surface area contributed by atoms with Gasteiger partial charge in [0.25, 0.3) is 10.0 Å². The van der Waals surface area contributed by atoms with Crippen LogP contribution in [-0.2, 0) is 21.4 Å². The Kier molecular flexibility index (Phi) is 7.78. The molecule has 0 radical (unpaired) electrons. The minimum Gasteiger partial charge on any atom is -0.497 e. The van der Waals surface area contributed by atoms with Crippen LogP contribution in [0, 0.1) is 6.92 Å².